The van der Waals surface area contributed by atoms with Crippen molar-refractivity contribution in [3.05, 3.63) is 60.8 Å². The summed E-state index contributed by atoms with van der Waals surface area (Å²) < 4.78 is 37.5. The molecule has 0 saturated heterocycles. The molecule has 0 amide bonds. The van der Waals surface area contributed by atoms with Crippen LogP contribution in [0, 0.1) is 0 Å². The number of aromatic nitrogens is 3. The Hall–Kier alpha value is -3.59. The smallest absolute Gasteiger partial charge is 0.233 e. The summed E-state index contributed by atoms with van der Waals surface area (Å²) in [5, 5.41) is 3.80. The monoisotopic (exact) mass is 424 g/mol. The second-order valence-corrected chi connectivity index (χ2v) is 8.65. The van der Waals surface area contributed by atoms with Crippen LogP contribution in [-0.4, -0.2) is 36.3 Å². The molecule has 30 heavy (non-hydrogen) atoms. The molecule has 9 heteroatoms. The van der Waals surface area contributed by atoms with E-state index in [1.165, 1.54) is 6.07 Å². The summed E-state index contributed by atoms with van der Waals surface area (Å²) >= 11 is 0. The molecule has 8 nitrogen and oxygen atoms in total. The number of para-hydroxylation sites is 3. The Morgan fingerprint density at radius 3 is 2.40 bits per heavy atom. The van der Waals surface area contributed by atoms with E-state index in [9.17, 15) is 8.42 Å². The first-order chi connectivity index (χ1) is 14.4. The van der Waals surface area contributed by atoms with E-state index in [2.05, 4.69) is 15.3 Å². The van der Waals surface area contributed by atoms with Crippen LogP contribution in [0.15, 0.2) is 65.7 Å². The zero-order valence-corrected chi connectivity index (χ0v) is 17.5. The van der Waals surface area contributed by atoms with Crippen molar-refractivity contribution in [2.24, 2.45) is 7.05 Å². The zero-order chi connectivity index (χ0) is 21.3. The molecule has 0 radical (unpaired) electrons. The topological polar surface area (TPSA) is 95.3 Å². The summed E-state index contributed by atoms with van der Waals surface area (Å²) in [5.41, 5.74) is 1.32. The van der Waals surface area contributed by atoms with E-state index >= 15 is 0 Å². The van der Waals surface area contributed by atoms with Gasteiger partial charge in [-0.3, -0.25) is 0 Å². The summed E-state index contributed by atoms with van der Waals surface area (Å²) in [6, 6.07) is 15.7. The second kappa shape index (κ2) is 7.68. The van der Waals surface area contributed by atoms with E-state index in [0.29, 0.717) is 28.4 Å². The maximum absolute atomic E-state index is 12.1. The summed E-state index contributed by atoms with van der Waals surface area (Å²) in [5.74, 6) is 1.37. The molecule has 0 aliphatic heterocycles. The van der Waals surface area contributed by atoms with Crippen LogP contribution in [0.25, 0.3) is 11.0 Å². The van der Waals surface area contributed by atoms with E-state index in [0.717, 1.165) is 6.26 Å². The standard InChI is InChI=1S/C21H20N4O4S/c1-25-13-12-14-19(25)23-21(22-15-8-4-5-9-16(15)28-2)24-20(14)29-17-10-6-7-11-18(17)30(3,26)27/h4-13H,1-3H3,(H,22,23,24). The molecule has 0 unspecified atom stereocenters. The molecule has 2 aromatic carbocycles. The van der Waals surface area contributed by atoms with Crippen LogP contribution in [0.2, 0.25) is 0 Å². The van der Waals surface area contributed by atoms with Crippen molar-refractivity contribution in [1.82, 2.24) is 14.5 Å². The van der Waals surface area contributed by atoms with Crippen molar-refractivity contribution in [3.63, 3.8) is 0 Å². The van der Waals surface area contributed by atoms with Crippen molar-refractivity contribution >= 4 is 32.5 Å². The Balaban J connectivity index is 1.81. The molecular formula is C21H20N4O4S. The number of benzene rings is 2. The minimum absolute atomic E-state index is 0.0898. The highest BCUT2D eigenvalue weighted by molar-refractivity contribution is 7.90. The number of hydrogen-bond acceptors (Lipinski definition) is 7. The highest BCUT2D eigenvalue weighted by Crippen LogP contribution is 2.34. The molecule has 0 fully saturated rings. The van der Waals surface area contributed by atoms with Gasteiger partial charge in [0.05, 0.1) is 18.2 Å². The number of rotatable bonds is 6. The van der Waals surface area contributed by atoms with Crippen LogP contribution in [0.3, 0.4) is 0 Å². The Bertz CT molecular complexity index is 1330. The molecule has 154 valence electrons. The van der Waals surface area contributed by atoms with Crippen molar-refractivity contribution < 1.29 is 17.9 Å². The molecule has 0 saturated carbocycles. The first-order valence-electron chi connectivity index (χ1n) is 9.07. The van der Waals surface area contributed by atoms with Crippen LogP contribution in [0.5, 0.6) is 17.4 Å². The van der Waals surface area contributed by atoms with Gasteiger partial charge in [0.2, 0.25) is 11.8 Å². The molecule has 0 bridgehead atoms. The maximum atomic E-state index is 12.1. The fourth-order valence-electron chi connectivity index (χ4n) is 3.06. The van der Waals surface area contributed by atoms with Gasteiger partial charge < -0.3 is 19.4 Å². The molecule has 4 rings (SSSR count). The third-order valence-corrected chi connectivity index (χ3v) is 5.63. The number of nitrogens with one attached hydrogen (secondary N) is 1. The molecule has 4 aromatic rings. The van der Waals surface area contributed by atoms with Gasteiger partial charge in [-0.2, -0.15) is 9.97 Å². The van der Waals surface area contributed by atoms with E-state index < -0.39 is 9.84 Å². The number of nitrogens with zero attached hydrogens (tertiary/aromatic N) is 3. The molecule has 2 heterocycles. The quantitative estimate of drug-likeness (QED) is 0.501. The Kier molecular flexibility index (Phi) is 5.04. The van der Waals surface area contributed by atoms with Crippen molar-refractivity contribution in [3.8, 4) is 17.4 Å². The van der Waals surface area contributed by atoms with E-state index in [-0.39, 0.29) is 16.5 Å². The predicted molar refractivity (Wildman–Crippen MR) is 114 cm³/mol. The molecule has 1 N–H and O–H groups in total. The largest absolute Gasteiger partial charge is 0.495 e. The minimum atomic E-state index is -3.48. The van der Waals surface area contributed by atoms with Crippen LogP contribution >= 0.6 is 0 Å². The van der Waals surface area contributed by atoms with Gasteiger partial charge in [0.15, 0.2) is 9.84 Å². The summed E-state index contributed by atoms with van der Waals surface area (Å²) in [7, 11) is -0.0357. The normalized spacial score (nSPS) is 11.4. The van der Waals surface area contributed by atoms with Crippen LogP contribution in [0.1, 0.15) is 0 Å². The van der Waals surface area contributed by atoms with Gasteiger partial charge in [0.25, 0.3) is 0 Å². The van der Waals surface area contributed by atoms with Gasteiger partial charge in [-0.25, -0.2) is 8.42 Å². The van der Waals surface area contributed by atoms with Gasteiger partial charge in [-0.15, -0.1) is 0 Å². The van der Waals surface area contributed by atoms with Crippen LogP contribution in [-0.2, 0) is 16.9 Å². The molecule has 0 spiro atoms. The highest BCUT2D eigenvalue weighted by Gasteiger charge is 2.18. The van der Waals surface area contributed by atoms with E-state index in [1.807, 2.05) is 48.1 Å². The Labute approximate surface area is 174 Å². The van der Waals surface area contributed by atoms with Gasteiger partial charge in [0.1, 0.15) is 22.0 Å². The number of methoxy groups -OCH3 is 1. The minimum Gasteiger partial charge on any atom is -0.495 e. The van der Waals surface area contributed by atoms with Gasteiger partial charge in [-0.05, 0) is 30.3 Å². The average molecular weight is 424 g/mol. The SMILES string of the molecule is COc1ccccc1Nc1nc(Oc2ccccc2S(C)(=O)=O)c2ccn(C)c2n1. The molecule has 0 aliphatic carbocycles. The number of fused-ring (bicyclic) bond motifs is 1. The van der Waals surface area contributed by atoms with Crippen LogP contribution in [0.4, 0.5) is 11.6 Å². The maximum Gasteiger partial charge on any atom is 0.233 e. The Morgan fingerprint density at radius 2 is 1.67 bits per heavy atom. The number of aryl methyl sites for hydroxylation is 1. The predicted octanol–water partition coefficient (Wildman–Crippen LogP) is 3.92. The highest BCUT2D eigenvalue weighted by atomic mass is 32.2. The van der Waals surface area contributed by atoms with Crippen LogP contribution < -0.4 is 14.8 Å². The van der Waals surface area contributed by atoms with E-state index in [4.69, 9.17) is 9.47 Å². The van der Waals surface area contributed by atoms with E-state index in [1.54, 1.807) is 25.3 Å². The molecule has 0 aliphatic rings. The fraction of sp³-hybridized carbons (Fsp3) is 0.143. The van der Waals surface area contributed by atoms with Crippen molar-refractivity contribution in [2.45, 2.75) is 4.90 Å². The number of ether oxygens (including phenoxy) is 2. The van der Waals surface area contributed by atoms with Gasteiger partial charge in [-0.1, -0.05) is 24.3 Å². The summed E-state index contributed by atoms with van der Waals surface area (Å²) in [6.45, 7) is 0. The second-order valence-electron chi connectivity index (χ2n) is 6.66. The third-order valence-electron chi connectivity index (χ3n) is 4.50. The Morgan fingerprint density at radius 1 is 0.967 bits per heavy atom. The molecule has 0 atom stereocenters. The molecule has 2 aromatic heterocycles. The number of sulfone groups is 1. The lowest BCUT2D eigenvalue weighted by Gasteiger charge is -2.13. The lowest BCUT2D eigenvalue weighted by atomic mass is 10.3. The number of hydrogen-bond donors (Lipinski definition) is 1. The zero-order valence-electron chi connectivity index (χ0n) is 16.7. The summed E-state index contributed by atoms with van der Waals surface area (Å²) in [6.07, 6.45) is 2.98. The lowest BCUT2D eigenvalue weighted by molar-refractivity contribution is 0.416. The fourth-order valence-corrected chi connectivity index (χ4v) is 3.86. The molecular weight excluding hydrogens is 404 g/mol. The first kappa shape index (κ1) is 19.7. The van der Waals surface area contributed by atoms with Gasteiger partial charge in [0, 0.05) is 19.5 Å². The number of anilines is 2. The third kappa shape index (κ3) is 3.79. The first-order valence-corrected chi connectivity index (χ1v) is 11.0. The van der Waals surface area contributed by atoms with Gasteiger partial charge >= 0.3 is 0 Å². The lowest BCUT2D eigenvalue weighted by Crippen LogP contribution is -2.04. The average Bonchev–Trinajstić information content (AvgIpc) is 3.09. The van der Waals surface area contributed by atoms with Crippen molar-refractivity contribution in [2.75, 3.05) is 18.7 Å². The summed E-state index contributed by atoms with van der Waals surface area (Å²) in [4.78, 5) is 9.15. The van der Waals surface area contributed by atoms with Crippen molar-refractivity contribution in [1.29, 1.82) is 0 Å².